The van der Waals surface area contributed by atoms with Gasteiger partial charge in [-0.05, 0) is 19.3 Å². The molecule has 4 nitrogen and oxygen atoms in total. The Labute approximate surface area is 93.7 Å². The van der Waals surface area contributed by atoms with Crippen LogP contribution in [-0.4, -0.2) is 41.3 Å². The second-order valence-electron chi connectivity index (χ2n) is 3.96. The van der Waals surface area contributed by atoms with Crippen molar-refractivity contribution in [3.05, 3.63) is 0 Å². The van der Waals surface area contributed by atoms with Crippen LogP contribution in [0.2, 0.25) is 0 Å². The fraction of sp³-hybridized carbons (Fsp3) is 0.900. The fourth-order valence-electron chi connectivity index (χ4n) is 1.27. The van der Waals surface area contributed by atoms with E-state index in [1.54, 1.807) is 6.26 Å². The number of hydrogen-bond acceptors (Lipinski definition) is 3. The van der Waals surface area contributed by atoms with Crippen molar-refractivity contribution in [1.82, 2.24) is 10.6 Å². The van der Waals surface area contributed by atoms with Gasteiger partial charge in [-0.15, -0.1) is 0 Å². The summed E-state index contributed by atoms with van der Waals surface area (Å²) in [5.41, 5.74) is 0. The molecule has 0 saturated heterocycles. The van der Waals surface area contributed by atoms with Crippen LogP contribution in [0.5, 0.6) is 0 Å². The van der Waals surface area contributed by atoms with E-state index < -0.39 is 10.8 Å². The maximum atomic E-state index is 11.3. The van der Waals surface area contributed by atoms with E-state index in [1.807, 2.05) is 0 Å². The summed E-state index contributed by atoms with van der Waals surface area (Å²) in [7, 11) is -0.747. The lowest BCUT2D eigenvalue weighted by Crippen LogP contribution is -2.29. The van der Waals surface area contributed by atoms with Crippen LogP contribution >= 0.6 is 0 Å². The van der Waals surface area contributed by atoms with Gasteiger partial charge in [0.15, 0.2) is 0 Å². The zero-order valence-corrected chi connectivity index (χ0v) is 10.1. The van der Waals surface area contributed by atoms with Gasteiger partial charge < -0.3 is 10.6 Å². The molecular weight excluding hydrogens is 212 g/mol. The minimum Gasteiger partial charge on any atom is -0.356 e. The first-order valence-electron chi connectivity index (χ1n) is 5.48. The molecule has 0 spiro atoms. The average Bonchev–Trinajstić information content (AvgIpc) is 2.96. The van der Waals surface area contributed by atoms with Crippen molar-refractivity contribution in [3.8, 4) is 0 Å². The number of hydrogen-bond donors (Lipinski definition) is 2. The van der Waals surface area contributed by atoms with E-state index in [0.717, 1.165) is 13.0 Å². The molecule has 1 aliphatic rings. The maximum absolute atomic E-state index is 11.3. The summed E-state index contributed by atoms with van der Waals surface area (Å²) < 4.78 is 10.7. The highest BCUT2D eigenvalue weighted by Crippen LogP contribution is 2.18. The van der Waals surface area contributed by atoms with Gasteiger partial charge in [-0.25, -0.2) is 0 Å². The Morgan fingerprint density at radius 1 is 1.40 bits per heavy atom. The lowest BCUT2D eigenvalue weighted by atomic mass is 10.3. The summed E-state index contributed by atoms with van der Waals surface area (Å²) >= 11 is 0. The van der Waals surface area contributed by atoms with E-state index in [1.165, 1.54) is 12.8 Å². The molecule has 1 rings (SSSR count). The van der Waals surface area contributed by atoms with E-state index >= 15 is 0 Å². The second kappa shape index (κ2) is 6.95. The predicted octanol–water partition coefficient (Wildman–Crippen LogP) is 0.0133. The van der Waals surface area contributed by atoms with Gasteiger partial charge in [-0.2, -0.15) is 0 Å². The minimum absolute atomic E-state index is 0.0880. The topological polar surface area (TPSA) is 58.2 Å². The molecule has 0 bridgehead atoms. The molecular formula is C10H20N2O2S. The molecule has 1 amide bonds. The number of carbonyl (C=O) groups is 1. The highest BCUT2D eigenvalue weighted by atomic mass is 32.2. The van der Waals surface area contributed by atoms with Crippen LogP contribution in [-0.2, 0) is 15.6 Å². The van der Waals surface area contributed by atoms with Crippen molar-refractivity contribution < 1.29 is 9.00 Å². The maximum Gasteiger partial charge on any atom is 0.221 e. The molecule has 2 N–H and O–H groups in total. The Morgan fingerprint density at radius 2 is 2.13 bits per heavy atom. The smallest absolute Gasteiger partial charge is 0.221 e. The second-order valence-corrected chi connectivity index (χ2v) is 5.51. The van der Waals surface area contributed by atoms with E-state index in [9.17, 15) is 9.00 Å². The van der Waals surface area contributed by atoms with Crippen molar-refractivity contribution in [2.45, 2.75) is 31.7 Å². The summed E-state index contributed by atoms with van der Waals surface area (Å²) in [6.07, 6.45) is 5.53. The third-order valence-corrected chi connectivity index (χ3v) is 3.16. The molecule has 1 unspecified atom stereocenters. The summed E-state index contributed by atoms with van der Waals surface area (Å²) in [4.78, 5) is 11.3. The van der Waals surface area contributed by atoms with Crippen molar-refractivity contribution in [1.29, 1.82) is 0 Å². The van der Waals surface area contributed by atoms with Gasteiger partial charge in [0.05, 0.1) is 0 Å². The van der Waals surface area contributed by atoms with Gasteiger partial charge in [-0.1, -0.05) is 0 Å². The van der Waals surface area contributed by atoms with E-state index in [0.29, 0.717) is 24.8 Å². The summed E-state index contributed by atoms with van der Waals surface area (Å²) in [6, 6.07) is 0.667. The largest absolute Gasteiger partial charge is 0.356 e. The van der Waals surface area contributed by atoms with Gasteiger partial charge >= 0.3 is 0 Å². The number of carbonyl (C=O) groups excluding carboxylic acids is 1. The summed E-state index contributed by atoms with van der Waals surface area (Å²) in [5.74, 6) is 0.755. The van der Waals surface area contributed by atoms with E-state index in [-0.39, 0.29) is 5.91 Å². The van der Waals surface area contributed by atoms with Gasteiger partial charge in [0.2, 0.25) is 5.91 Å². The van der Waals surface area contributed by atoms with Crippen molar-refractivity contribution in [2.24, 2.45) is 0 Å². The van der Waals surface area contributed by atoms with Crippen LogP contribution < -0.4 is 10.6 Å². The van der Waals surface area contributed by atoms with Gasteiger partial charge in [0, 0.05) is 48.4 Å². The lowest BCUT2D eigenvalue weighted by Gasteiger charge is -2.05. The third kappa shape index (κ3) is 7.50. The van der Waals surface area contributed by atoms with Crippen LogP contribution in [0.25, 0.3) is 0 Å². The standard InChI is InChI=1S/C10H20N2O2S/c1-15(14)8-2-6-12-10(13)5-7-11-9-3-4-9/h9,11H,2-8H2,1H3,(H,12,13). The zero-order chi connectivity index (χ0) is 11.1. The SMILES string of the molecule is CS(=O)CCCNC(=O)CCNC1CC1. The Kier molecular flexibility index (Phi) is 5.86. The Bertz CT molecular complexity index is 229. The molecule has 0 aliphatic heterocycles. The van der Waals surface area contributed by atoms with Gasteiger partial charge in [-0.3, -0.25) is 9.00 Å². The summed E-state index contributed by atoms with van der Waals surface area (Å²) in [5, 5.41) is 6.11. The molecule has 1 atom stereocenters. The number of nitrogens with one attached hydrogen (secondary N) is 2. The average molecular weight is 232 g/mol. The first kappa shape index (κ1) is 12.6. The third-order valence-electron chi connectivity index (χ3n) is 2.29. The molecule has 1 saturated carbocycles. The Hall–Kier alpha value is -0.420. The van der Waals surface area contributed by atoms with Crippen molar-refractivity contribution in [3.63, 3.8) is 0 Å². The predicted molar refractivity (Wildman–Crippen MR) is 62.2 cm³/mol. The molecule has 5 heteroatoms. The zero-order valence-electron chi connectivity index (χ0n) is 9.25. The monoisotopic (exact) mass is 232 g/mol. The number of rotatable bonds is 8. The van der Waals surface area contributed by atoms with Gasteiger partial charge in [0.25, 0.3) is 0 Å². The molecule has 0 heterocycles. The number of amides is 1. The van der Waals surface area contributed by atoms with Gasteiger partial charge in [0.1, 0.15) is 0 Å². The van der Waals surface area contributed by atoms with Crippen LogP contribution in [0.4, 0.5) is 0 Å². The Morgan fingerprint density at radius 3 is 2.73 bits per heavy atom. The van der Waals surface area contributed by atoms with Crippen LogP contribution in [0.3, 0.4) is 0 Å². The molecule has 88 valence electrons. The molecule has 0 aromatic heterocycles. The quantitative estimate of drug-likeness (QED) is 0.580. The van der Waals surface area contributed by atoms with Crippen LogP contribution in [0, 0.1) is 0 Å². The molecule has 1 aliphatic carbocycles. The van der Waals surface area contributed by atoms with Crippen LogP contribution in [0.1, 0.15) is 25.7 Å². The first-order chi connectivity index (χ1) is 7.18. The fourth-order valence-corrected chi connectivity index (χ4v) is 1.82. The van der Waals surface area contributed by atoms with Crippen molar-refractivity contribution >= 4 is 16.7 Å². The van der Waals surface area contributed by atoms with E-state index in [4.69, 9.17) is 0 Å². The molecule has 0 radical (unpaired) electrons. The molecule has 0 aromatic carbocycles. The van der Waals surface area contributed by atoms with Crippen LogP contribution in [0.15, 0.2) is 0 Å². The highest BCUT2D eigenvalue weighted by Gasteiger charge is 2.19. The normalized spacial score (nSPS) is 17.4. The highest BCUT2D eigenvalue weighted by molar-refractivity contribution is 7.84. The Balaban J connectivity index is 1.86. The van der Waals surface area contributed by atoms with E-state index in [2.05, 4.69) is 10.6 Å². The lowest BCUT2D eigenvalue weighted by molar-refractivity contribution is -0.120. The minimum atomic E-state index is -0.747. The summed E-state index contributed by atoms with van der Waals surface area (Å²) in [6.45, 7) is 1.41. The molecule has 0 aromatic rings. The molecule has 15 heavy (non-hydrogen) atoms. The van der Waals surface area contributed by atoms with Crippen molar-refractivity contribution in [2.75, 3.05) is 25.1 Å². The molecule has 1 fully saturated rings. The first-order valence-corrected chi connectivity index (χ1v) is 7.21.